The maximum absolute atomic E-state index is 13.0. The molecule has 27 heavy (non-hydrogen) atoms. The Kier molecular flexibility index (Phi) is 7.36. The van der Waals surface area contributed by atoms with Crippen LogP contribution in [-0.4, -0.2) is 43.0 Å². The number of fused-ring (bicyclic) bond motifs is 1. The number of carbonyl (C=O) groups excluding carboxylic acids is 1. The third kappa shape index (κ3) is 5.28. The number of nitrogens with zero attached hydrogens (tertiary/aromatic N) is 3. The summed E-state index contributed by atoms with van der Waals surface area (Å²) in [6.07, 6.45) is 0.391. The Balaban J connectivity index is 0.00000261. The van der Waals surface area contributed by atoms with Crippen LogP contribution in [0.25, 0.3) is 10.2 Å². The Morgan fingerprint density at radius 3 is 2.44 bits per heavy atom. The van der Waals surface area contributed by atoms with Crippen LogP contribution >= 0.6 is 23.7 Å². The molecular weight excluding hydrogens is 378 g/mol. The summed E-state index contributed by atoms with van der Waals surface area (Å²) >= 11 is 1.60. The highest BCUT2D eigenvalue weighted by Crippen LogP contribution is 2.32. The minimum absolute atomic E-state index is 0. The Morgan fingerprint density at radius 2 is 1.78 bits per heavy atom. The lowest BCUT2D eigenvalue weighted by molar-refractivity contribution is -0.118. The Morgan fingerprint density at radius 1 is 1.07 bits per heavy atom. The van der Waals surface area contributed by atoms with Crippen LogP contribution in [0.2, 0.25) is 0 Å². The molecule has 0 radical (unpaired) electrons. The second-order valence-corrected chi connectivity index (χ2v) is 7.95. The van der Waals surface area contributed by atoms with E-state index in [-0.39, 0.29) is 18.3 Å². The van der Waals surface area contributed by atoms with Crippen molar-refractivity contribution in [2.24, 2.45) is 0 Å². The predicted octanol–water partition coefficient (Wildman–Crippen LogP) is 4.47. The zero-order valence-electron chi connectivity index (χ0n) is 16.2. The van der Waals surface area contributed by atoms with Crippen LogP contribution in [0.15, 0.2) is 42.5 Å². The number of amides is 1. The van der Waals surface area contributed by atoms with E-state index in [1.165, 1.54) is 5.56 Å². The highest BCUT2D eigenvalue weighted by Gasteiger charge is 2.20. The van der Waals surface area contributed by atoms with Crippen molar-refractivity contribution in [3.05, 3.63) is 59.2 Å². The van der Waals surface area contributed by atoms with E-state index in [0.29, 0.717) is 13.0 Å². The van der Waals surface area contributed by atoms with Crippen molar-refractivity contribution >= 4 is 45.0 Å². The number of halogens is 1. The van der Waals surface area contributed by atoms with Gasteiger partial charge in [-0.15, -0.1) is 12.4 Å². The zero-order chi connectivity index (χ0) is 18.7. The molecule has 4 nitrogen and oxygen atoms in total. The molecule has 1 heterocycles. The largest absolute Gasteiger partial charge is 0.308 e. The van der Waals surface area contributed by atoms with E-state index < -0.39 is 0 Å². The number of aryl methyl sites for hydroxylation is 2. The van der Waals surface area contributed by atoms with Crippen LogP contribution in [0.5, 0.6) is 0 Å². The molecule has 0 saturated heterocycles. The van der Waals surface area contributed by atoms with Crippen molar-refractivity contribution in [1.82, 2.24) is 9.88 Å². The lowest BCUT2D eigenvalue weighted by Gasteiger charge is -2.22. The molecule has 0 fully saturated rings. The van der Waals surface area contributed by atoms with E-state index in [2.05, 4.69) is 30.9 Å². The molecule has 0 N–H and O–H groups in total. The number of anilines is 1. The molecule has 0 atom stereocenters. The Bertz CT molecular complexity index is 908. The molecule has 0 bridgehead atoms. The Hall–Kier alpha value is -1.95. The highest BCUT2D eigenvalue weighted by atomic mass is 35.5. The van der Waals surface area contributed by atoms with Gasteiger partial charge in [0.2, 0.25) is 5.91 Å². The van der Waals surface area contributed by atoms with Gasteiger partial charge in [0.1, 0.15) is 0 Å². The number of benzene rings is 2. The van der Waals surface area contributed by atoms with Gasteiger partial charge in [0.05, 0.1) is 16.6 Å². The third-order valence-corrected chi connectivity index (χ3v) is 5.34. The second kappa shape index (κ2) is 9.31. The summed E-state index contributed by atoms with van der Waals surface area (Å²) in [7, 11) is 4.04. The van der Waals surface area contributed by atoms with Crippen molar-refractivity contribution in [2.45, 2.75) is 20.3 Å². The number of carbonyl (C=O) groups is 1. The fourth-order valence-electron chi connectivity index (χ4n) is 2.97. The van der Waals surface area contributed by atoms with Crippen molar-refractivity contribution in [2.75, 3.05) is 32.1 Å². The molecule has 2 aromatic carbocycles. The number of aromatic nitrogens is 1. The molecular formula is C21H26ClN3OS. The summed E-state index contributed by atoms with van der Waals surface area (Å²) in [5, 5.41) is 0.788. The quantitative estimate of drug-likeness (QED) is 0.609. The predicted molar refractivity (Wildman–Crippen MR) is 117 cm³/mol. The monoisotopic (exact) mass is 403 g/mol. The average Bonchev–Trinajstić information content (AvgIpc) is 2.99. The second-order valence-electron chi connectivity index (χ2n) is 6.94. The number of likely N-dealkylation sites (N-methyl/N-ethyl adjacent to an activating group) is 1. The van der Waals surface area contributed by atoms with Gasteiger partial charge in [-0.25, -0.2) is 4.98 Å². The molecule has 0 saturated carbocycles. The van der Waals surface area contributed by atoms with E-state index in [0.717, 1.165) is 33.0 Å². The van der Waals surface area contributed by atoms with Crippen LogP contribution in [-0.2, 0) is 11.2 Å². The van der Waals surface area contributed by atoms with Crippen molar-refractivity contribution in [3.8, 4) is 0 Å². The normalized spacial score (nSPS) is 10.9. The summed E-state index contributed by atoms with van der Waals surface area (Å²) in [5.74, 6) is 0.0893. The highest BCUT2D eigenvalue weighted by molar-refractivity contribution is 7.22. The van der Waals surface area contributed by atoms with Gasteiger partial charge in [0.25, 0.3) is 0 Å². The minimum Gasteiger partial charge on any atom is -0.308 e. The molecule has 1 aromatic heterocycles. The number of thiazole rings is 1. The first-order valence-electron chi connectivity index (χ1n) is 8.81. The molecule has 3 rings (SSSR count). The summed E-state index contributed by atoms with van der Waals surface area (Å²) in [5.41, 5.74) is 4.41. The fourth-order valence-corrected chi connectivity index (χ4v) is 4.15. The first-order valence-corrected chi connectivity index (χ1v) is 9.62. The minimum atomic E-state index is 0. The number of hydrogen-bond donors (Lipinski definition) is 0. The maximum Gasteiger partial charge on any atom is 0.233 e. The van der Waals surface area contributed by atoms with E-state index in [1.807, 2.05) is 49.3 Å². The van der Waals surface area contributed by atoms with Gasteiger partial charge in [-0.1, -0.05) is 47.7 Å². The molecule has 3 aromatic rings. The Labute approximate surface area is 171 Å². The molecule has 6 heteroatoms. The topological polar surface area (TPSA) is 36.4 Å². The van der Waals surface area contributed by atoms with Gasteiger partial charge in [-0.05, 0) is 50.7 Å². The van der Waals surface area contributed by atoms with Gasteiger partial charge in [-0.3, -0.25) is 9.69 Å². The lowest BCUT2D eigenvalue weighted by atomic mass is 10.1. The van der Waals surface area contributed by atoms with E-state index >= 15 is 0 Å². The van der Waals surface area contributed by atoms with E-state index in [4.69, 9.17) is 4.98 Å². The van der Waals surface area contributed by atoms with E-state index in [9.17, 15) is 4.79 Å². The van der Waals surface area contributed by atoms with Crippen molar-refractivity contribution < 1.29 is 4.79 Å². The molecule has 0 aliphatic rings. The summed E-state index contributed by atoms with van der Waals surface area (Å²) in [6.45, 7) is 5.61. The smallest absolute Gasteiger partial charge is 0.233 e. The zero-order valence-corrected chi connectivity index (χ0v) is 17.9. The van der Waals surface area contributed by atoms with Crippen molar-refractivity contribution in [1.29, 1.82) is 0 Å². The SMILES string of the molecule is Cc1cc(C)c2nc(N(CCN(C)C)C(=O)Cc3ccccc3)sc2c1.Cl. The van der Waals surface area contributed by atoms with Crippen LogP contribution in [0.1, 0.15) is 16.7 Å². The van der Waals surface area contributed by atoms with Crippen molar-refractivity contribution in [3.63, 3.8) is 0 Å². The van der Waals surface area contributed by atoms with E-state index in [1.54, 1.807) is 11.3 Å². The maximum atomic E-state index is 13.0. The van der Waals surface area contributed by atoms with Crippen LogP contribution in [0.3, 0.4) is 0 Å². The number of hydrogen-bond acceptors (Lipinski definition) is 4. The van der Waals surface area contributed by atoms with Crippen LogP contribution in [0, 0.1) is 13.8 Å². The molecule has 0 aliphatic carbocycles. The molecule has 1 amide bonds. The average molecular weight is 404 g/mol. The summed E-state index contributed by atoms with van der Waals surface area (Å²) in [6, 6.07) is 14.2. The molecule has 0 aliphatic heterocycles. The summed E-state index contributed by atoms with van der Waals surface area (Å²) in [4.78, 5) is 21.8. The molecule has 0 unspecified atom stereocenters. The van der Waals surface area contributed by atoms with Gasteiger partial charge >= 0.3 is 0 Å². The van der Waals surface area contributed by atoms with Gasteiger partial charge in [-0.2, -0.15) is 0 Å². The van der Waals surface area contributed by atoms with Gasteiger partial charge in [0, 0.05) is 13.1 Å². The number of rotatable bonds is 6. The third-order valence-electron chi connectivity index (χ3n) is 4.32. The van der Waals surface area contributed by atoms with Gasteiger partial charge in [0.15, 0.2) is 5.13 Å². The van der Waals surface area contributed by atoms with Gasteiger partial charge < -0.3 is 4.90 Å². The lowest BCUT2D eigenvalue weighted by Crippen LogP contribution is -2.37. The molecule has 0 spiro atoms. The summed E-state index contributed by atoms with van der Waals surface area (Å²) < 4.78 is 1.14. The molecule has 144 valence electrons. The standard InChI is InChI=1S/C21H25N3OS.ClH/c1-15-12-16(2)20-18(13-15)26-21(22-20)24(11-10-23(3)4)19(25)14-17-8-6-5-7-9-17;/h5-9,12-13H,10-11,14H2,1-4H3;1H. The fraction of sp³-hybridized carbons (Fsp3) is 0.333. The van der Waals surface area contributed by atoms with Crippen LogP contribution < -0.4 is 4.90 Å². The first-order chi connectivity index (χ1) is 12.4. The van der Waals surface area contributed by atoms with Crippen LogP contribution in [0.4, 0.5) is 5.13 Å². The first kappa shape index (κ1) is 21.4.